The van der Waals surface area contributed by atoms with Crippen molar-refractivity contribution in [2.24, 2.45) is 5.92 Å². The highest BCUT2D eigenvalue weighted by Gasteiger charge is 2.24. The molecule has 3 aromatic heterocycles. The van der Waals surface area contributed by atoms with Gasteiger partial charge in [0.25, 0.3) is 5.56 Å². The van der Waals surface area contributed by atoms with Crippen LogP contribution < -0.4 is 10.9 Å². The molecule has 0 spiro atoms. The Bertz CT molecular complexity index is 1250. The number of hydrogen-bond acceptors (Lipinski definition) is 3. The van der Waals surface area contributed by atoms with Gasteiger partial charge in [-0.2, -0.15) is 0 Å². The summed E-state index contributed by atoms with van der Waals surface area (Å²) in [6.45, 7) is 6.41. The first kappa shape index (κ1) is 19.5. The van der Waals surface area contributed by atoms with Crippen molar-refractivity contribution in [3.8, 4) is 0 Å². The zero-order chi connectivity index (χ0) is 20.7. The third kappa shape index (κ3) is 3.59. The van der Waals surface area contributed by atoms with E-state index in [9.17, 15) is 4.79 Å². The zero-order valence-corrected chi connectivity index (χ0v) is 18.5. The molecule has 6 heteroatoms. The van der Waals surface area contributed by atoms with Crippen molar-refractivity contribution in [1.82, 2.24) is 14.5 Å². The number of aromatic amines is 1. The molecule has 1 aliphatic rings. The van der Waals surface area contributed by atoms with E-state index < -0.39 is 0 Å². The lowest BCUT2D eigenvalue weighted by Crippen LogP contribution is -2.85. The van der Waals surface area contributed by atoms with Gasteiger partial charge >= 0.3 is 0 Å². The molecule has 2 atom stereocenters. The molecule has 30 heavy (non-hydrogen) atoms. The number of nitrogens with one attached hydrogen (secondary N) is 1. The van der Waals surface area contributed by atoms with Gasteiger partial charge in [0.15, 0.2) is 5.82 Å². The lowest BCUT2D eigenvalue weighted by molar-refractivity contribution is -0.694. The van der Waals surface area contributed by atoms with E-state index in [1.54, 1.807) is 11.3 Å². The van der Waals surface area contributed by atoms with Crippen molar-refractivity contribution in [2.75, 3.05) is 6.54 Å². The minimum absolute atomic E-state index is 0.0427. The Morgan fingerprint density at radius 3 is 3.10 bits per heavy atom. The van der Waals surface area contributed by atoms with Gasteiger partial charge in [-0.3, -0.25) is 4.79 Å². The molecule has 5 nitrogen and oxygen atoms in total. The van der Waals surface area contributed by atoms with Crippen LogP contribution in [-0.4, -0.2) is 21.1 Å². The fourth-order valence-electron chi connectivity index (χ4n) is 4.66. The van der Waals surface area contributed by atoms with Crippen LogP contribution in [0.15, 0.2) is 41.3 Å². The maximum absolute atomic E-state index is 12.8. The molecule has 0 amide bonds. The van der Waals surface area contributed by atoms with Crippen LogP contribution in [0.2, 0.25) is 0 Å². The standard InChI is InChI=1S/C24H28N4OS/c1-15-8-9-18-20(14-15)30-24-21(18)23(29)26-22(27-24)16(2)25-11-5-12-28-13-10-17-6-3-4-7-19(17)28/h3-4,6-7,10,13,15-16,25H,5,8-9,11-12,14H2,1-2H3,(H,26,27,29)/p+1/t15-,16+/m1/s1. The number of fused-ring (bicyclic) bond motifs is 4. The highest BCUT2D eigenvalue weighted by molar-refractivity contribution is 7.18. The summed E-state index contributed by atoms with van der Waals surface area (Å²) < 4.78 is 2.32. The highest BCUT2D eigenvalue weighted by atomic mass is 32.1. The van der Waals surface area contributed by atoms with Crippen LogP contribution in [0.25, 0.3) is 21.1 Å². The lowest BCUT2D eigenvalue weighted by Gasteiger charge is -2.17. The Hall–Kier alpha value is -2.44. The first-order chi connectivity index (χ1) is 14.6. The summed E-state index contributed by atoms with van der Waals surface area (Å²) in [4.78, 5) is 23.1. The average Bonchev–Trinajstić information content (AvgIpc) is 3.31. The molecule has 0 saturated heterocycles. The smallest absolute Gasteiger partial charge is 0.260 e. The molecular weight excluding hydrogens is 392 g/mol. The van der Waals surface area contributed by atoms with E-state index in [4.69, 9.17) is 4.98 Å². The maximum Gasteiger partial charge on any atom is 0.260 e. The molecule has 0 unspecified atom stereocenters. The summed E-state index contributed by atoms with van der Waals surface area (Å²) in [5.74, 6) is 1.50. The number of benzene rings is 1. The van der Waals surface area contributed by atoms with E-state index in [-0.39, 0.29) is 11.6 Å². The molecule has 0 saturated carbocycles. The van der Waals surface area contributed by atoms with Crippen LogP contribution in [0.4, 0.5) is 0 Å². The summed E-state index contributed by atoms with van der Waals surface area (Å²) in [7, 11) is 0. The van der Waals surface area contributed by atoms with Crippen molar-refractivity contribution in [3.05, 3.63) is 63.1 Å². The Balaban J connectivity index is 1.26. The van der Waals surface area contributed by atoms with Crippen LogP contribution in [0.1, 0.15) is 49.0 Å². The van der Waals surface area contributed by atoms with Crippen molar-refractivity contribution in [1.29, 1.82) is 0 Å². The van der Waals surface area contributed by atoms with Gasteiger partial charge in [-0.1, -0.05) is 25.1 Å². The molecule has 3 N–H and O–H groups in total. The van der Waals surface area contributed by atoms with Crippen molar-refractivity contribution < 1.29 is 5.32 Å². The number of nitrogens with zero attached hydrogens (tertiary/aromatic N) is 2. The molecule has 3 heterocycles. The first-order valence-electron chi connectivity index (χ1n) is 11.0. The third-order valence-electron chi connectivity index (χ3n) is 6.42. The topological polar surface area (TPSA) is 67.3 Å². The second-order valence-corrected chi connectivity index (χ2v) is 9.80. The van der Waals surface area contributed by atoms with Crippen molar-refractivity contribution in [3.63, 3.8) is 0 Å². The van der Waals surface area contributed by atoms with E-state index in [1.807, 2.05) is 0 Å². The Labute approximate surface area is 180 Å². The van der Waals surface area contributed by atoms with Gasteiger partial charge in [0, 0.05) is 29.6 Å². The van der Waals surface area contributed by atoms with Gasteiger partial charge in [0.2, 0.25) is 0 Å². The normalized spacial score (nSPS) is 17.5. The summed E-state index contributed by atoms with van der Waals surface area (Å²) in [5.41, 5.74) is 2.59. The van der Waals surface area contributed by atoms with Crippen LogP contribution in [0.5, 0.6) is 0 Å². The van der Waals surface area contributed by atoms with Crippen LogP contribution >= 0.6 is 11.3 Å². The number of hydrogen-bond donors (Lipinski definition) is 2. The average molecular weight is 422 g/mol. The molecule has 0 bridgehead atoms. The van der Waals surface area contributed by atoms with Gasteiger partial charge in [-0.25, -0.2) is 4.98 Å². The van der Waals surface area contributed by atoms with E-state index in [2.05, 4.69) is 65.2 Å². The molecular formula is C24H29N4OS+. The number of quaternary nitrogens is 1. The molecule has 156 valence electrons. The molecule has 1 aliphatic carbocycles. The van der Waals surface area contributed by atoms with Gasteiger partial charge in [-0.15, -0.1) is 11.3 Å². The lowest BCUT2D eigenvalue weighted by atomic mass is 9.89. The number of para-hydroxylation sites is 1. The van der Waals surface area contributed by atoms with E-state index >= 15 is 0 Å². The van der Waals surface area contributed by atoms with E-state index in [1.165, 1.54) is 27.8 Å². The molecule has 1 aromatic carbocycles. The fourth-order valence-corrected chi connectivity index (χ4v) is 6.05. The maximum atomic E-state index is 12.8. The third-order valence-corrected chi connectivity index (χ3v) is 7.57. The van der Waals surface area contributed by atoms with Crippen molar-refractivity contribution >= 4 is 32.5 Å². The summed E-state index contributed by atoms with van der Waals surface area (Å²) >= 11 is 1.73. The molecule has 0 fully saturated rings. The highest BCUT2D eigenvalue weighted by Crippen LogP contribution is 2.35. The van der Waals surface area contributed by atoms with Gasteiger partial charge in [-0.05, 0) is 55.2 Å². The first-order valence-corrected chi connectivity index (χ1v) is 11.8. The largest absolute Gasteiger partial charge is 0.347 e. The van der Waals surface area contributed by atoms with E-state index in [0.29, 0.717) is 5.92 Å². The fraction of sp³-hybridized carbons (Fsp3) is 0.417. The summed E-state index contributed by atoms with van der Waals surface area (Å²) in [6, 6.07) is 10.8. The molecule has 0 aliphatic heterocycles. The number of nitrogens with two attached hydrogens (primary N) is 1. The number of thiophene rings is 1. The SMILES string of the molecule is C[C@@H]1CCc2c(sc3nc([C@H](C)[NH2+]CCCn4ccc5ccccc54)[nH]c(=O)c23)C1. The van der Waals surface area contributed by atoms with Gasteiger partial charge in [0.1, 0.15) is 10.9 Å². The monoisotopic (exact) mass is 421 g/mol. The number of aromatic nitrogens is 3. The Kier molecular flexibility index (Phi) is 5.21. The van der Waals surface area contributed by atoms with Gasteiger partial charge < -0.3 is 14.9 Å². The minimum atomic E-state index is 0.0427. The number of H-pyrrole nitrogens is 1. The Morgan fingerprint density at radius 2 is 2.20 bits per heavy atom. The second-order valence-electron chi connectivity index (χ2n) is 8.72. The second kappa shape index (κ2) is 8.00. The predicted molar refractivity (Wildman–Crippen MR) is 123 cm³/mol. The van der Waals surface area contributed by atoms with Crippen LogP contribution in [0.3, 0.4) is 0 Å². The minimum Gasteiger partial charge on any atom is -0.347 e. The van der Waals surface area contributed by atoms with Gasteiger partial charge in [0.05, 0.1) is 11.9 Å². The van der Waals surface area contributed by atoms with Crippen LogP contribution in [0, 0.1) is 5.92 Å². The quantitative estimate of drug-likeness (QED) is 0.465. The van der Waals surface area contributed by atoms with E-state index in [0.717, 1.165) is 48.4 Å². The Morgan fingerprint density at radius 1 is 1.33 bits per heavy atom. The zero-order valence-electron chi connectivity index (χ0n) is 17.6. The molecule has 5 rings (SSSR count). The molecule has 0 radical (unpaired) electrons. The number of aryl methyl sites for hydroxylation is 2. The van der Waals surface area contributed by atoms with Crippen molar-refractivity contribution in [2.45, 2.75) is 52.1 Å². The predicted octanol–water partition coefficient (Wildman–Crippen LogP) is 3.78. The summed E-state index contributed by atoms with van der Waals surface area (Å²) in [6.07, 6.45) is 6.50. The summed E-state index contributed by atoms with van der Waals surface area (Å²) in [5, 5.41) is 4.42. The molecule has 4 aromatic rings. The number of rotatable bonds is 6. The van der Waals surface area contributed by atoms with Crippen LogP contribution in [-0.2, 0) is 19.4 Å².